The van der Waals surface area contributed by atoms with Gasteiger partial charge in [0, 0.05) is 11.6 Å². The molecule has 0 saturated carbocycles. The van der Waals surface area contributed by atoms with Crippen LogP contribution in [0.25, 0.3) is 10.9 Å². The van der Waals surface area contributed by atoms with Crippen molar-refractivity contribution >= 4 is 16.8 Å². The van der Waals surface area contributed by atoms with Crippen molar-refractivity contribution in [2.45, 2.75) is 38.6 Å². The van der Waals surface area contributed by atoms with Gasteiger partial charge in [-0.2, -0.15) is 13.2 Å². The van der Waals surface area contributed by atoms with E-state index in [-0.39, 0.29) is 12.2 Å². The number of pyridine rings is 1. The van der Waals surface area contributed by atoms with Crippen molar-refractivity contribution in [3.8, 4) is 0 Å². The van der Waals surface area contributed by atoms with Gasteiger partial charge in [-0.25, -0.2) is 10.8 Å². The number of fused-ring (bicyclic) bond motifs is 1. The predicted octanol–water partition coefficient (Wildman–Crippen LogP) is 1.82. The van der Waals surface area contributed by atoms with E-state index in [0.717, 1.165) is 22.2 Å². The Labute approximate surface area is 159 Å². The van der Waals surface area contributed by atoms with Gasteiger partial charge in [-0.3, -0.25) is 4.79 Å². The lowest BCUT2D eigenvalue weighted by atomic mass is 9.96. The van der Waals surface area contributed by atoms with Crippen molar-refractivity contribution in [1.82, 2.24) is 9.99 Å². The fourth-order valence-electron chi connectivity index (χ4n) is 2.78. The zero-order chi connectivity index (χ0) is 21.3. The molecule has 7 nitrogen and oxygen atoms in total. The van der Waals surface area contributed by atoms with Crippen LogP contribution in [-0.4, -0.2) is 32.8 Å². The summed E-state index contributed by atoms with van der Waals surface area (Å²) >= 11 is 0. The lowest BCUT2D eigenvalue weighted by Gasteiger charge is -2.30. The zero-order valence-corrected chi connectivity index (χ0v) is 15.4. The third kappa shape index (κ3) is 4.18. The third-order valence-corrected chi connectivity index (χ3v) is 4.46. The standard InChI is InChI=1S/C18H22F3N5O2/c1-3-17(28,18(19,20)21)15(22)9-26(24)8-11-4-5-12-10(2)6-14(16(23)27)25-13(12)7-11/h4-7,9,28H,3,8,22,24H2,1-2H3,(H2,23,27)/b15-9-. The minimum Gasteiger partial charge on any atom is -0.398 e. The van der Waals surface area contributed by atoms with Gasteiger partial charge in [0.05, 0.1) is 17.8 Å². The summed E-state index contributed by atoms with van der Waals surface area (Å²) in [7, 11) is 0. The molecule has 1 amide bonds. The first-order valence-electron chi connectivity index (χ1n) is 8.37. The van der Waals surface area contributed by atoms with Gasteiger partial charge in [-0.05, 0) is 36.6 Å². The number of rotatable bonds is 6. The predicted molar refractivity (Wildman–Crippen MR) is 98.3 cm³/mol. The number of amides is 1. The molecule has 7 N–H and O–H groups in total. The van der Waals surface area contributed by atoms with Gasteiger partial charge in [0.25, 0.3) is 5.91 Å². The van der Waals surface area contributed by atoms with E-state index < -0.39 is 29.8 Å². The Hall–Kier alpha value is -2.85. The fraction of sp³-hybridized carbons (Fsp3) is 0.333. The Morgan fingerprint density at radius 1 is 1.29 bits per heavy atom. The summed E-state index contributed by atoms with van der Waals surface area (Å²) in [6.45, 7) is 2.97. The number of benzene rings is 1. The number of alkyl halides is 3. The van der Waals surface area contributed by atoms with Crippen molar-refractivity contribution < 1.29 is 23.1 Å². The van der Waals surface area contributed by atoms with E-state index in [1.165, 1.54) is 6.92 Å². The van der Waals surface area contributed by atoms with Crippen molar-refractivity contribution in [2.24, 2.45) is 17.3 Å². The van der Waals surface area contributed by atoms with E-state index in [1.807, 2.05) is 0 Å². The Morgan fingerprint density at radius 3 is 2.46 bits per heavy atom. The van der Waals surface area contributed by atoms with Gasteiger partial charge in [-0.15, -0.1) is 0 Å². The minimum absolute atomic E-state index is 0.00415. The summed E-state index contributed by atoms with van der Waals surface area (Å²) < 4.78 is 39.2. The van der Waals surface area contributed by atoms with Crippen LogP contribution in [0.4, 0.5) is 13.2 Å². The molecular formula is C18H22F3N5O2. The number of nitrogens with two attached hydrogens (primary N) is 3. The third-order valence-electron chi connectivity index (χ3n) is 4.46. The summed E-state index contributed by atoms with van der Waals surface area (Å²) in [4.78, 5) is 15.6. The Kier molecular flexibility index (Phi) is 5.86. The molecule has 0 fully saturated rings. The Balaban J connectivity index is 2.32. The number of aromatic nitrogens is 1. The number of primary amides is 1. The van der Waals surface area contributed by atoms with E-state index in [1.54, 1.807) is 31.2 Å². The first kappa shape index (κ1) is 21.5. The average molecular weight is 397 g/mol. The van der Waals surface area contributed by atoms with Crippen LogP contribution in [0, 0.1) is 6.92 Å². The van der Waals surface area contributed by atoms with E-state index in [4.69, 9.17) is 17.3 Å². The Bertz CT molecular complexity index is 929. The number of aryl methyl sites for hydroxylation is 1. The first-order valence-corrected chi connectivity index (χ1v) is 8.37. The summed E-state index contributed by atoms with van der Waals surface area (Å²) in [5.74, 6) is 5.09. The van der Waals surface area contributed by atoms with Crippen molar-refractivity contribution in [1.29, 1.82) is 0 Å². The summed E-state index contributed by atoms with van der Waals surface area (Å²) in [6, 6.07) is 6.71. The molecule has 0 radical (unpaired) electrons. The van der Waals surface area contributed by atoms with Crippen LogP contribution in [0.1, 0.15) is 35.0 Å². The molecule has 1 unspecified atom stereocenters. The fourth-order valence-corrected chi connectivity index (χ4v) is 2.78. The van der Waals surface area contributed by atoms with Gasteiger partial charge in [0.1, 0.15) is 5.69 Å². The van der Waals surface area contributed by atoms with E-state index in [2.05, 4.69) is 4.98 Å². The number of nitrogens with zero attached hydrogens (tertiary/aromatic N) is 2. The van der Waals surface area contributed by atoms with Crippen LogP contribution in [-0.2, 0) is 6.54 Å². The van der Waals surface area contributed by atoms with Crippen LogP contribution >= 0.6 is 0 Å². The maximum Gasteiger partial charge on any atom is 0.422 e. The van der Waals surface area contributed by atoms with Gasteiger partial charge < -0.3 is 21.6 Å². The number of halogens is 3. The zero-order valence-electron chi connectivity index (χ0n) is 15.4. The van der Waals surface area contributed by atoms with Crippen LogP contribution in [0.2, 0.25) is 0 Å². The molecule has 0 aliphatic rings. The molecule has 0 saturated heterocycles. The lowest BCUT2D eigenvalue weighted by Crippen LogP contribution is -2.49. The molecule has 28 heavy (non-hydrogen) atoms. The smallest absolute Gasteiger partial charge is 0.398 e. The SMILES string of the molecule is CCC(O)(/C(N)=C/N(N)Cc1ccc2c(C)cc(C(N)=O)nc2c1)C(F)(F)F. The number of carbonyl (C=O) groups is 1. The maximum atomic E-state index is 13.1. The quantitative estimate of drug-likeness (QED) is 0.434. The maximum absolute atomic E-state index is 13.1. The highest BCUT2D eigenvalue weighted by molar-refractivity contribution is 5.94. The number of carbonyl (C=O) groups excluding carboxylic acids is 1. The molecule has 10 heteroatoms. The molecule has 152 valence electrons. The van der Waals surface area contributed by atoms with Crippen LogP contribution in [0.5, 0.6) is 0 Å². The van der Waals surface area contributed by atoms with E-state index >= 15 is 0 Å². The number of hydrogen-bond acceptors (Lipinski definition) is 6. The number of hydrazine groups is 1. The van der Waals surface area contributed by atoms with Crippen molar-refractivity contribution in [2.75, 3.05) is 0 Å². The molecule has 1 aromatic carbocycles. The molecule has 1 heterocycles. The molecule has 0 aliphatic carbocycles. The van der Waals surface area contributed by atoms with E-state index in [0.29, 0.717) is 11.1 Å². The molecule has 1 aromatic heterocycles. The summed E-state index contributed by atoms with van der Waals surface area (Å²) in [5.41, 5.74) is 8.79. The highest BCUT2D eigenvalue weighted by atomic mass is 19.4. The molecule has 0 bridgehead atoms. The van der Waals surface area contributed by atoms with Gasteiger partial charge in [0.15, 0.2) is 0 Å². The molecule has 0 spiro atoms. The monoisotopic (exact) mass is 397 g/mol. The lowest BCUT2D eigenvalue weighted by molar-refractivity contribution is -0.245. The second-order valence-electron chi connectivity index (χ2n) is 6.51. The topological polar surface area (TPSA) is 131 Å². The molecule has 2 aromatic rings. The average Bonchev–Trinajstić information content (AvgIpc) is 2.59. The van der Waals surface area contributed by atoms with Crippen molar-refractivity contribution in [3.05, 3.63) is 53.0 Å². The highest BCUT2D eigenvalue weighted by Gasteiger charge is 2.54. The Morgan fingerprint density at radius 2 is 1.93 bits per heavy atom. The summed E-state index contributed by atoms with van der Waals surface area (Å²) in [5, 5.41) is 11.6. The highest BCUT2D eigenvalue weighted by Crippen LogP contribution is 2.36. The van der Waals surface area contributed by atoms with E-state index in [9.17, 15) is 23.1 Å². The van der Waals surface area contributed by atoms with Gasteiger partial charge >= 0.3 is 6.18 Å². The molecular weight excluding hydrogens is 375 g/mol. The number of aliphatic hydroxyl groups is 1. The van der Waals surface area contributed by atoms with Crippen LogP contribution in [0.15, 0.2) is 36.2 Å². The van der Waals surface area contributed by atoms with Gasteiger partial charge in [-0.1, -0.05) is 19.1 Å². The van der Waals surface area contributed by atoms with Crippen LogP contribution in [0.3, 0.4) is 0 Å². The molecule has 1 atom stereocenters. The van der Waals surface area contributed by atoms with Crippen molar-refractivity contribution in [3.63, 3.8) is 0 Å². The number of hydrogen-bond donors (Lipinski definition) is 4. The molecule has 0 aliphatic heterocycles. The minimum atomic E-state index is -4.93. The largest absolute Gasteiger partial charge is 0.422 e. The molecule has 2 rings (SSSR count). The van der Waals surface area contributed by atoms with Gasteiger partial charge in [0.2, 0.25) is 5.60 Å². The normalized spacial score (nSPS) is 14.8. The van der Waals surface area contributed by atoms with Crippen LogP contribution < -0.4 is 17.3 Å². The first-order chi connectivity index (χ1) is 12.9. The summed E-state index contributed by atoms with van der Waals surface area (Å²) in [6.07, 6.45) is -4.74. The second-order valence-corrected chi connectivity index (χ2v) is 6.51. The second kappa shape index (κ2) is 7.64.